The fourth-order valence-electron chi connectivity index (χ4n) is 6.92. The number of allylic oxidation sites excluding steroid dienone is 18. The van der Waals surface area contributed by atoms with Crippen LogP contribution in [0.25, 0.3) is 0 Å². The lowest BCUT2D eigenvalue weighted by molar-refractivity contribution is -0.161. The Morgan fingerprint density at radius 1 is 0.403 bits per heavy atom. The lowest BCUT2D eigenvalue weighted by atomic mass is 10.1. The van der Waals surface area contributed by atoms with E-state index >= 15 is 0 Å². The van der Waals surface area contributed by atoms with Crippen molar-refractivity contribution < 1.29 is 52.2 Å². The maximum atomic E-state index is 12.9. The van der Waals surface area contributed by atoms with Crippen molar-refractivity contribution in [2.24, 2.45) is 0 Å². The summed E-state index contributed by atoms with van der Waals surface area (Å²) in [5.74, 6) is -1.60. The van der Waals surface area contributed by atoms with Gasteiger partial charge in [0.05, 0.1) is 19.8 Å². The van der Waals surface area contributed by atoms with Crippen LogP contribution in [-0.2, 0) is 42.2 Å². The van der Waals surface area contributed by atoms with Crippen LogP contribution in [0.4, 0.5) is 0 Å². The number of phosphoric ester groups is 1. The quantitative estimate of drug-likeness (QED) is 0.0197. The Bertz CT molecular complexity index is 1620. The third-order valence-corrected chi connectivity index (χ3v) is 12.1. The lowest BCUT2D eigenvalue weighted by Gasteiger charge is -2.21. The average molecular weight is 1030 g/mol. The van der Waals surface area contributed by atoms with Crippen LogP contribution >= 0.6 is 7.82 Å². The van der Waals surface area contributed by atoms with Crippen molar-refractivity contribution in [2.45, 2.75) is 226 Å². The van der Waals surface area contributed by atoms with E-state index in [0.717, 1.165) is 116 Å². The predicted octanol–water partition coefficient (Wildman–Crippen LogP) is 16.2. The van der Waals surface area contributed by atoms with Gasteiger partial charge in [-0.2, -0.15) is 0 Å². The molecule has 0 saturated heterocycles. The Labute approximate surface area is 437 Å². The Hall–Kier alpha value is -3.86. The Morgan fingerprint density at radius 3 is 1.25 bits per heavy atom. The monoisotopic (exact) mass is 1030 g/mol. The van der Waals surface area contributed by atoms with E-state index in [9.17, 15) is 28.9 Å². The van der Waals surface area contributed by atoms with Gasteiger partial charge < -0.3 is 24.2 Å². The third kappa shape index (κ3) is 51.1. The summed E-state index contributed by atoms with van der Waals surface area (Å²) in [6.45, 7) is 4.33. The highest BCUT2D eigenvalue weighted by atomic mass is 31.2. The van der Waals surface area contributed by atoms with Crippen LogP contribution in [0, 0.1) is 0 Å². The summed E-state index contributed by atoms with van der Waals surface area (Å²) in [7, 11) is -4.77. The molecule has 0 bridgehead atoms. The molecule has 0 heterocycles. The number of ether oxygens (including phenoxy) is 3. The van der Waals surface area contributed by atoms with Crippen LogP contribution < -0.4 is 0 Å². The van der Waals surface area contributed by atoms with Gasteiger partial charge in [0.15, 0.2) is 6.10 Å². The second-order valence-corrected chi connectivity index (χ2v) is 19.5. The summed E-state index contributed by atoms with van der Waals surface area (Å²) < 4.78 is 39.3. The van der Waals surface area contributed by atoms with Crippen molar-refractivity contribution in [2.75, 3.05) is 26.4 Å². The van der Waals surface area contributed by atoms with Gasteiger partial charge >= 0.3 is 25.7 Å². The van der Waals surface area contributed by atoms with Gasteiger partial charge in [0.25, 0.3) is 0 Å². The number of aliphatic hydroxyl groups is 1. The van der Waals surface area contributed by atoms with Crippen molar-refractivity contribution in [1.29, 1.82) is 0 Å². The zero-order valence-electron chi connectivity index (χ0n) is 45.1. The van der Waals surface area contributed by atoms with Gasteiger partial charge in [-0.25, -0.2) is 4.57 Å². The normalized spacial score (nSPS) is 14.2. The third-order valence-electron chi connectivity index (χ3n) is 11.2. The van der Waals surface area contributed by atoms with Crippen LogP contribution in [0.1, 0.15) is 213 Å². The summed E-state index contributed by atoms with van der Waals surface area (Å²) >= 11 is 0. The molecule has 0 spiro atoms. The smallest absolute Gasteiger partial charge is 0.462 e. The van der Waals surface area contributed by atoms with E-state index < -0.39 is 57.8 Å². The largest absolute Gasteiger partial charge is 0.472 e. The van der Waals surface area contributed by atoms with Gasteiger partial charge in [-0.3, -0.25) is 23.4 Å². The topological polar surface area (TPSA) is 155 Å². The van der Waals surface area contributed by atoms with Gasteiger partial charge in [0, 0.05) is 19.3 Å². The highest BCUT2D eigenvalue weighted by Crippen LogP contribution is 2.43. The molecular weight excluding hydrogens is 928 g/mol. The van der Waals surface area contributed by atoms with E-state index in [1.54, 1.807) is 0 Å². The molecule has 3 unspecified atom stereocenters. The molecule has 2 N–H and O–H groups in total. The molecule has 0 rings (SSSR count). The van der Waals surface area contributed by atoms with Gasteiger partial charge in [0.1, 0.15) is 12.7 Å². The standard InChI is InChI=1S/C60H99O11P/c1-4-7-10-13-16-19-22-24-26-27-28-29-31-33-36-39-42-45-48-51-60(64)71-57(53-67-58(62)49-46-43-40-37-35-32-30-25-23-20-17-14-11-8-5-2)55-69-72(65,66)68-54-56(52-61)70-59(63)50-47-44-41-38-34-21-18-15-12-9-6-3/h7,10,15-20,24-26,28-30,33,36,42,45,56-57,61H,4-6,8-9,11-14,21-23,27,31-32,34-35,37-41,43-44,46-55H2,1-3H3,(H,65,66)/b10-7-,18-15-,19-16-,20-17-,26-24-,29-28-,30-25-,36-33-,45-42-. The first-order chi connectivity index (χ1) is 35.2. The molecule has 0 aromatic carbocycles. The molecule has 0 aliphatic carbocycles. The zero-order valence-corrected chi connectivity index (χ0v) is 46.0. The molecule has 72 heavy (non-hydrogen) atoms. The molecule has 3 atom stereocenters. The number of carbonyl (C=O) groups excluding carboxylic acids is 3. The van der Waals surface area contributed by atoms with E-state index in [1.165, 1.54) is 32.1 Å². The van der Waals surface area contributed by atoms with Gasteiger partial charge in [-0.15, -0.1) is 0 Å². The Balaban J connectivity index is 4.90. The van der Waals surface area contributed by atoms with Crippen LogP contribution in [0.2, 0.25) is 0 Å². The minimum Gasteiger partial charge on any atom is -0.462 e. The van der Waals surface area contributed by atoms with Crippen molar-refractivity contribution in [3.05, 3.63) is 109 Å². The van der Waals surface area contributed by atoms with Gasteiger partial charge in [0.2, 0.25) is 0 Å². The first kappa shape index (κ1) is 68.1. The first-order valence-electron chi connectivity index (χ1n) is 27.8. The Morgan fingerprint density at radius 2 is 0.764 bits per heavy atom. The van der Waals surface area contributed by atoms with Crippen LogP contribution in [0.3, 0.4) is 0 Å². The van der Waals surface area contributed by atoms with Gasteiger partial charge in [-0.1, -0.05) is 194 Å². The number of rotatable bonds is 50. The molecule has 0 aliphatic rings. The van der Waals surface area contributed by atoms with E-state index in [4.69, 9.17) is 23.3 Å². The number of aliphatic hydroxyl groups excluding tert-OH is 1. The average Bonchev–Trinajstić information content (AvgIpc) is 3.37. The van der Waals surface area contributed by atoms with Gasteiger partial charge in [-0.05, 0) is 109 Å². The highest BCUT2D eigenvalue weighted by molar-refractivity contribution is 7.47. The summed E-state index contributed by atoms with van der Waals surface area (Å²) in [6, 6.07) is 0. The predicted molar refractivity (Wildman–Crippen MR) is 297 cm³/mol. The zero-order chi connectivity index (χ0) is 52.7. The van der Waals surface area contributed by atoms with Crippen molar-refractivity contribution >= 4 is 25.7 Å². The van der Waals surface area contributed by atoms with Crippen molar-refractivity contribution in [3.63, 3.8) is 0 Å². The number of esters is 3. The lowest BCUT2D eigenvalue weighted by Crippen LogP contribution is -2.30. The highest BCUT2D eigenvalue weighted by Gasteiger charge is 2.28. The molecule has 0 saturated carbocycles. The Kier molecular flexibility index (Phi) is 50.6. The molecule has 0 fully saturated rings. The molecular formula is C60H99O11P. The molecule has 0 aromatic heterocycles. The minimum absolute atomic E-state index is 0.0339. The molecule has 0 aliphatic heterocycles. The summed E-state index contributed by atoms with van der Waals surface area (Å²) in [4.78, 5) is 48.4. The van der Waals surface area contributed by atoms with Crippen molar-refractivity contribution in [3.8, 4) is 0 Å². The second-order valence-electron chi connectivity index (χ2n) is 18.0. The summed E-state index contributed by atoms with van der Waals surface area (Å²) in [6.07, 6.45) is 63.5. The number of phosphoric acid groups is 1. The second kappa shape index (κ2) is 53.4. The maximum Gasteiger partial charge on any atom is 0.472 e. The SMILES string of the molecule is CC/C=C\C/C=C\C/C=C\C/C=C\C/C=C\C/C=C\CCC(=O)OC(COC(=O)CCCCCCC/C=C\C/C=C\CCCCC)COP(=O)(O)OCC(CO)OC(=O)CCCCCCC/C=C\CCCC. The molecule has 410 valence electrons. The fraction of sp³-hybridized carbons (Fsp3) is 0.650. The molecule has 11 nitrogen and oxygen atoms in total. The van der Waals surface area contributed by atoms with E-state index in [-0.39, 0.29) is 25.9 Å². The minimum atomic E-state index is -4.77. The fourth-order valence-corrected chi connectivity index (χ4v) is 7.70. The summed E-state index contributed by atoms with van der Waals surface area (Å²) in [5, 5.41) is 9.78. The molecule has 0 amide bonds. The molecule has 0 aromatic rings. The number of hydrogen-bond donors (Lipinski definition) is 2. The van der Waals surface area contributed by atoms with Crippen LogP contribution in [0.15, 0.2) is 109 Å². The number of hydrogen-bond acceptors (Lipinski definition) is 10. The van der Waals surface area contributed by atoms with Crippen LogP contribution in [0.5, 0.6) is 0 Å². The number of carbonyl (C=O) groups is 3. The van der Waals surface area contributed by atoms with E-state index in [2.05, 4.69) is 118 Å². The first-order valence-corrected chi connectivity index (χ1v) is 29.3. The summed E-state index contributed by atoms with van der Waals surface area (Å²) in [5.41, 5.74) is 0. The van der Waals surface area contributed by atoms with Crippen molar-refractivity contribution in [1.82, 2.24) is 0 Å². The molecule has 0 radical (unpaired) electrons. The van der Waals surface area contributed by atoms with Crippen LogP contribution in [-0.4, -0.2) is 66.5 Å². The number of unbranched alkanes of at least 4 members (excludes halogenated alkanes) is 15. The van der Waals surface area contributed by atoms with E-state index in [1.807, 2.05) is 12.2 Å². The maximum absolute atomic E-state index is 12.9. The van der Waals surface area contributed by atoms with E-state index in [0.29, 0.717) is 25.7 Å². The molecule has 12 heteroatoms.